The first-order valence-corrected chi connectivity index (χ1v) is 5.15. The molecular weight excluding hydrogens is 287 g/mol. The molecule has 0 spiro atoms. The Bertz CT molecular complexity index is 392. The summed E-state index contributed by atoms with van der Waals surface area (Å²) in [5.74, 6) is 0. The fraction of sp³-hybridized carbons (Fsp3) is 0.300. The average molecular weight is 296 g/mol. The number of benzene rings is 1. The van der Waals surface area contributed by atoms with Crippen molar-refractivity contribution in [1.82, 2.24) is 0 Å². The van der Waals surface area contributed by atoms with Gasteiger partial charge in [-0.15, -0.1) is 0 Å². The molecule has 1 rings (SSSR count). The number of hydrogen-bond donors (Lipinski definition) is 0. The van der Waals surface area contributed by atoms with Crippen molar-refractivity contribution in [1.29, 1.82) is 0 Å². The second kappa shape index (κ2) is 4.86. The predicted octanol–water partition coefficient (Wildman–Crippen LogP) is 3.26. The smallest absolute Gasteiger partial charge is 0.366 e. The molecule has 0 fully saturated rings. The Balaban J connectivity index is 2.89. The van der Waals surface area contributed by atoms with E-state index in [9.17, 15) is 18.0 Å². The lowest BCUT2D eigenvalue weighted by atomic mass is 10.2. The normalized spacial score (nSPS) is 11.3. The van der Waals surface area contributed by atoms with Crippen molar-refractivity contribution in [3.05, 3.63) is 28.2 Å². The molecule has 16 heavy (non-hydrogen) atoms. The van der Waals surface area contributed by atoms with E-state index in [0.717, 1.165) is 4.90 Å². The highest BCUT2D eigenvalue weighted by Crippen LogP contribution is 2.25. The van der Waals surface area contributed by atoms with Crippen molar-refractivity contribution >= 4 is 27.9 Å². The molecular formula is C10H9BrF3NO. The van der Waals surface area contributed by atoms with E-state index in [-0.39, 0.29) is 0 Å². The predicted molar refractivity (Wildman–Crippen MR) is 58.9 cm³/mol. The van der Waals surface area contributed by atoms with Crippen molar-refractivity contribution in [3.63, 3.8) is 0 Å². The Morgan fingerprint density at radius 3 is 2.50 bits per heavy atom. The van der Waals surface area contributed by atoms with Gasteiger partial charge in [0.2, 0.25) is 0 Å². The number of carbonyl (C=O) groups is 1. The molecule has 0 N–H and O–H groups in total. The Labute approximate surface area is 99.2 Å². The van der Waals surface area contributed by atoms with Gasteiger partial charge in [-0.2, -0.15) is 13.2 Å². The van der Waals surface area contributed by atoms with Gasteiger partial charge in [0.05, 0.1) is 0 Å². The minimum atomic E-state index is -4.25. The van der Waals surface area contributed by atoms with E-state index in [1.54, 1.807) is 0 Å². The van der Waals surface area contributed by atoms with Crippen molar-refractivity contribution in [2.75, 3.05) is 18.5 Å². The summed E-state index contributed by atoms with van der Waals surface area (Å²) in [6, 6.07) is 4.43. The van der Waals surface area contributed by atoms with Gasteiger partial charge in [-0.05, 0) is 34.1 Å². The fourth-order valence-electron chi connectivity index (χ4n) is 1.21. The summed E-state index contributed by atoms with van der Waals surface area (Å²) in [6.07, 6.45) is -3.61. The molecule has 0 aliphatic carbocycles. The van der Waals surface area contributed by atoms with Gasteiger partial charge in [-0.25, -0.2) is 0 Å². The van der Waals surface area contributed by atoms with E-state index in [1.165, 1.54) is 25.2 Å². The van der Waals surface area contributed by atoms with Gasteiger partial charge >= 0.3 is 6.18 Å². The topological polar surface area (TPSA) is 20.3 Å². The van der Waals surface area contributed by atoms with E-state index in [0.29, 0.717) is 22.0 Å². The number of hydrogen-bond acceptors (Lipinski definition) is 2. The monoisotopic (exact) mass is 295 g/mol. The van der Waals surface area contributed by atoms with Gasteiger partial charge in [-0.1, -0.05) is 0 Å². The van der Waals surface area contributed by atoms with Crippen LogP contribution in [0.3, 0.4) is 0 Å². The van der Waals surface area contributed by atoms with Gasteiger partial charge in [0.15, 0.2) is 6.29 Å². The second-order valence-electron chi connectivity index (χ2n) is 3.29. The SMILES string of the molecule is CN(CC(F)(F)F)c1ccc(C=O)c(Br)c1. The summed E-state index contributed by atoms with van der Waals surface area (Å²) in [6.45, 7) is -1.03. The van der Waals surface area contributed by atoms with E-state index in [4.69, 9.17) is 0 Å². The Morgan fingerprint density at radius 1 is 1.44 bits per heavy atom. The molecule has 0 saturated carbocycles. The zero-order chi connectivity index (χ0) is 12.3. The standard InChI is InChI=1S/C10H9BrF3NO/c1-15(6-10(12,13)14)8-3-2-7(5-16)9(11)4-8/h2-5H,6H2,1H3. The molecule has 2 nitrogen and oxygen atoms in total. The van der Waals surface area contributed by atoms with Crippen LogP contribution in [-0.2, 0) is 0 Å². The second-order valence-corrected chi connectivity index (χ2v) is 4.15. The first-order valence-electron chi connectivity index (χ1n) is 4.36. The van der Waals surface area contributed by atoms with E-state index >= 15 is 0 Å². The van der Waals surface area contributed by atoms with Crippen LogP contribution in [0.2, 0.25) is 0 Å². The van der Waals surface area contributed by atoms with Crippen LogP contribution < -0.4 is 4.90 Å². The van der Waals surface area contributed by atoms with Gasteiger partial charge in [0, 0.05) is 22.8 Å². The quantitative estimate of drug-likeness (QED) is 0.798. The van der Waals surface area contributed by atoms with Crippen LogP contribution >= 0.6 is 15.9 Å². The summed E-state index contributed by atoms with van der Waals surface area (Å²) in [5.41, 5.74) is 0.805. The first kappa shape index (κ1) is 13.0. The van der Waals surface area contributed by atoms with Crippen LogP contribution in [0, 0.1) is 0 Å². The molecule has 6 heteroatoms. The molecule has 0 aliphatic rings. The van der Waals surface area contributed by atoms with Crippen LogP contribution in [-0.4, -0.2) is 26.1 Å². The molecule has 0 amide bonds. The molecule has 1 aromatic rings. The molecule has 0 radical (unpaired) electrons. The number of aldehydes is 1. The highest BCUT2D eigenvalue weighted by atomic mass is 79.9. The molecule has 0 aromatic heterocycles. The maximum Gasteiger partial charge on any atom is 0.405 e. The Hall–Kier alpha value is -1.04. The third-order valence-corrected chi connectivity index (χ3v) is 2.65. The summed E-state index contributed by atoms with van der Waals surface area (Å²) >= 11 is 3.12. The molecule has 0 unspecified atom stereocenters. The van der Waals surface area contributed by atoms with E-state index in [2.05, 4.69) is 15.9 Å². The number of nitrogens with zero attached hydrogens (tertiary/aromatic N) is 1. The summed E-state index contributed by atoms with van der Waals surface area (Å²) < 4.78 is 36.9. The van der Waals surface area contributed by atoms with Gasteiger partial charge in [0.25, 0.3) is 0 Å². The first-order chi connectivity index (χ1) is 7.33. The van der Waals surface area contributed by atoms with Crippen LogP contribution in [0.4, 0.5) is 18.9 Å². The fourth-order valence-corrected chi connectivity index (χ4v) is 1.67. The van der Waals surface area contributed by atoms with Crippen molar-refractivity contribution < 1.29 is 18.0 Å². The average Bonchev–Trinajstić information content (AvgIpc) is 2.15. The van der Waals surface area contributed by atoms with E-state index < -0.39 is 12.7 Å². The van der Waals surface area contributed by atoms with Gasteiger partial charge < -0.3 is 4.90 Å². The minimum Gasteiger partial charge on any atom is -0.366 e. The number of rotatable bonds is 3. The molecule has 0 aliphatic heterocycles. The minimum absolute atomic E-state index is 0.398. The van der Waals surface area contributed by atoms with E-state index in [1.807, 2.05) is 0 Å². The Kier molecular flexibility index (Phi) is 3.96. The molecule has 88 valence electrons. The molecule has 0 bridgehead atoms. The van der Waals surface area contributed by atoms with Crippen LogP contribution in [0.25, 0.3) is 0 Å². The molecule has 0 heterocycles. The van der Waals surface area contributed by atoms with Gasteiger partial charge in [-0.3, -0.25) is 4.79 Å². The molecule has 0 saturated heterocycles. The van der Waals surface area contributed by atoms with Gasteiger partial charge in [0.1, 0.15) is 6.54 Å². The maximum absolute atomic E-state index is 12.1. The number of anilines is 1. The van der Waals surface area contributed by atoms with Crippen LogP contribution in [0.15, 0.2) is 22.7 Å². The van der Waals surface area contributed by atoms with Crippen molar-refractivity contribution in [2.24, 2.45) is 0 Å². The van der Waals surface area contributed by atoms with Crippen molar-refractivity contribution in [3.8, 4) is 0 Å². The molecule has 1 aromatic carbocycles. The highest BCUT2D eigenvalue weighted by Gasteiger charge is 2.29. The largest absolute Gasteiger partial charge is 0.405 e. The number of carbonyl (C=O) groups excluding carboxylic acids is 1. The lowest BCUT2D eigenvalue weighted by molar-refractivity contribution is -0.119. The van der Waals surface area contributed by atoms with Crippen LogP contribution in [0.5, 0.6) is 0 Å². The summed E-state index contributed by atoms with van der Waals surface area (Å²) in [5, 5.41) is 0. The third-order valence-electron chi connectivity index (χ3n) is 1.97. The maximum atomic E-state index is 12.1. The van der Waals surface area contributed by atoms with Crippen LogP contribution in [0.1, 0.15) is 10.4 Å². The Morgan fingerprint density at radius 2 is 2.06 bits per heavy atom. The zero-order valence-electron chi connectivity index (χ0n) is 8.38. The number of alkyl halides is 3. The lowest BCUT2D eigenvalue weighted by Gasteiger charge is -2.21. The third kappa shape index (κ3) is 3.52. The molecule has 0 atom stereocenters. The highest BCUT2D eigenvalue weighted by molar-refractivity contribution is 9.10. The lowest BCUT2D eigenvalue weighted by Crippen LogP contribution is -2.30. The summed E-state index contributed by atoms with van der Waals surface area (Å²) in [4.78, 5) is 11.6. The van der Waals surface area contributed by atoms with Crippen molar-refractivity contribution in [2.45, 2.75) is 6.18 Å². The number of halogens is 4. The zero-order valence-corrected chi connectivity index (χ0v) is 9.97. The summed E-state index contributed by atoms with van der Waals surface area (Å²) in [7, 11) is 1.34.